The van der Waals surface area contributed by atoms with E-state index in [4.69, 9.17) is 16.5 Å². The van der Waals surface area contributed by atoms with Crippen LogP contribution >= 0.6 is 11.8 Å². The van der Waals surface area contributed by atoms with Gasteiger partial charge < -0.3 is 26.8 Å². The number of pyridine rings is 1. The molecule has 0 aliphatic carbocycles. The molecule has 3 atom stereocenters. The number of hydrogen-bond acceptors (Lipinski definition) is 9. The van der Waals surface area contributed by atoms with Gasteiger partial charge in [0.2, 0.25) is 5.91 Å². The molecule has 3 aliphatic rings. The average molecular weight is 508 g/mol. The maximum Gasteiger partial charge on any atom is 0.248 e. The van der Waals surface area contributed by atoms with Crippen LogP contribution in [0.4, 0.5) is 5.82 Å². The Kier molecular flexibility index (Phi) is 7.27. The Bertz CT molecular complexity index is 1180. The Hall–Kier alpha value is -2.95. The monoisotopic (exact) mass is 507 g/mol. The highest BCUT2D eigenvalue weighted by molar-refractivity contribution is 8.01. The van der Waals surface area contributed by atoms with Gasteiger partial charge in [-0.3, -0.25) is 9.79 Å². The van der Waals surface area contributed by atoms with Crippen LogP contribution in [0.15, 0.2) is 45.3 Å². The fourth-order valence-electron chi connectivity index (χ4n) is 5.15. The number of aliphatic hydroxyl groups is 1. The van der Waals surface area contributed by atoms with Crippen molar-refractivity contribution in [3.05, 3.63) is 52.6 Å². The van der Waals surface area contributed by atoms with Crippen molar-refractivity contribution in [2.45, 2.75) is 61.1 Å². The number of rotatable bonds is 8. The van der Waals surface area contributed by atoms with E-state index in [2.05, 4.69) is 33.2 Å². The number of aryl methyl sites for hydroxylation is 1. The van der Waals surface area contributed by atoms with Gasteiger partial charge in [-0.05, 0) is 48.6 Å². The summed E-state index contributed by atoms with van der Waals surface area (Å²) in [5.74, 6) is 1.18. The molecule has 0 bridgehead atoms. The summed E-state index contributed by atoms with van der Waals surface area (Å²) in [4.78, 5) is 27.5. The van der Waals surface area contributed by atoms with E-state index in [0.717, 1.165) is 55.2 Å². The average Bonchev–Trinajstić information content (AvgIpc) is 3.28. The number of aliphatic imine (C=N–C) groups is 2. The van der Waals surface area contributed by atoms with Crippen LogP contribution in [0.5, 0.6) is 0 Å². The van der Waals surface area contributed by atoms with Gasteiger partial charge in [0.25, 0.3) is 0 Å². The number of aromatic nitrogens is 1. The molecule has 1 aromatic heterocycles. The largest absolute Gasteiger partial charge is 0.387 e. The van der Waals surface area contributed by atoms with Gasteiger partial charge in [-0.2, -0.15) is 0 Å². The number of aliphatic hydroxyl groups excluding tert-OH is 1. The normalized spacial score (nSPS) is 22.2. The van der Waals surface area contributed by atoms with Gasteiger partial charge in [0.1, 0.15) is 23.0 Å². The molecule has 5 rings (SSSR count). The number of amidine groups is 1. The number of benzene rings is 1. The third-order valence-electron chi connectivity index (χ3n) is 7.16. The number of hydrogen-bond donors (Lipinski definition) is 4. The molecule has 1 aromatic carbocycles. The van der Waals surface area contributed by atoms with E-state index < -0.39 is 12.0 Å². The van der Waals surface area contributed by atoms with E-state index in [0.29, 0.717) is 24.0 Å². The second-order valence-corrected chi connectivity index (χ2v) is 10.7. The standard InChI is InChI=1S/C26H33N7O2S/c1-2-3-17-12-20(32-26-21(17)22-23(36-26)24(27)31-14-30-22)33-10-8-18(9-11-33)29-13-19(34)15-4-6-16(7-5-15)25(28)35/h4-7,12,14,18-19,22-23,29,34H,2-3,8-11,13H2,1H3,(H2,28,35)(H2,27,30,31). The van der Waals surface area contributed by atoms with Crippen molar-refractivity contribution < 1.29 is 9.90 Å². The molecular weight excluding hydrogens is 474 g/mol. The van der Waals surface area contributed by atoms with E-state index >= 15 is 0 Å². The Morgan fingerprint density at radius 1 is 1.28 bits per heavy atom. The number of nitrogens with zero attached hydrogens (tertiary/aromatic N) is 4. The SMILES string of the molecule is CCCc1cc(N2CCC(NCC(O)c3ccc(C(N)=O)cc3)CC2)nc2c1C1N=CN=C(N)C1S2. The topological polar surface area (TPSA) is 142 Å². The van der Waals surface area contributed by atoms with Crippen molar-refractivity contribution in [2.24, 2.45) is 21.5 Å². The van der Waals surface area contributed by atoms with Crippen molar-refractivity contribution >= 4 is 35.7 Å². The fraction of sp³-hybridized carbons (Fsp3) is 0.462. The molecule has 10 heteroatoms. The van der Waals surface area contributed by atoms with Crippen LogP contribution in [0, 0.1) is 0 Å². The van der Waals surface area contributed by atoms with Crippen molar-refractivity contribution in [1.82, 2.24) is 10.3 Å². The van der Waals surface area contributed by atoms with Gasteiger partial charge in [-0.15, -0.1) is 0 Å². The minimum absolute atomic E-state index is 0.0129. The first-order chi connectivity index (χ1) is 17.4. The van der Waals surface area contributed by atoms with E-state index in [-0.39, 0.29) is 11.3 Å². The quantitative estimate of drug-likeness (QED) is 0.429. The van der Waals surface area contributed by atoms with Crippen molar-refractivity contribution in [3.63, 3.8) is 0 Å². The summed E-state index contributed by atoms with van der Waals surface area (Å²) in [7, 11) is 0. The Morgan fingerprint density at radius 2 is 2.03 bits per heavy atom. The molecule has 1 amide bonds. The lowest BCUT2D eigenvalue weighted by Gasteiger charge is -2.34. The molecular formula is C26H33N7O2S. The van der Waals surface area contributed by atoms with Gasteiger partial charge >= 0.3 is 0 Å². The molecule has 2 aromatic rings. The van der Waals surface area contributed by atoms with Gasteiger partial charge in [0, 0.05) is 36.8 Å². The second-order valence-electron chi connectivity index (χ2n) is 9.58. The van der Waals surface area contributed by atoms with Crippen LogP contribution in [0.1, 0.15) is 65.4 Å². The zero-order valence-electron chi connectivity index (χ0n) is 20.4. The number of amides is 1. The summed E-state index contributed by atoms with van der Waals surface area (Å²) in [6.07, 6.45) is 4.93. The van der Waals surface area contributed by atoms with E-state index in [1.807, 2.05) is 0 Å². The number of nitrogens with two attached hydrogens (primary N) is 2. The number of nitrogens with one attached hydrogen (secondary N) is 1. The maximum atomic E-state index is 11.2. The van der Waals surface area contributed by atoms with E-state index in [9.17, 15) is 9.90 Å². The molecule has 3 unspecified atom stereocenters. The fourth-order valence-corrected chi connectivity index (χ4v) is 6.43. The Morgan fingerprint density at radius 3 is 2.72 bits per heavy atom. The number of piperidine rings is 1. The number of carbonyl (C=O) groups is 1. The van der Waals surface area contributed by atoms with Crippen LogP contribution in [-0.2, 0) is 6.42 Å². The lowest BCUT2D eigenvalue weighted by atomic mass is 9.96. The first-order valence-electron chi connectivity index (χ1n) is 12.6. The van der Waals surface area contributed by atoms with Gasteiger partial charge in [0.15, 0.2) is 0 Å². The maximum absolute atomic E-state index is 11.2. The van der Waals surface area contributed by atoms with Gasteiger partial charge in [0.05, 0.1) is 17.4 Å². The Labute approximate surface area is 215 Å². The highest BCUT2D eigenvalue weighted by Crippen LogP contribution is 2.48. The zero-order chi connectivity index (χ0) is 25.2. The van der Waals surface area contributed by atoms with Gasteiger partial charge in [-0.1, -0.05) is 37.2 Å². The number of carbonyl (C=O) groups excluding carboxylic acids is 1. The smallest absolute Gasteiger partial charge is 0.248 e. The van der Waals surface area contributed by atoms with E-state index in [1.54, 1.807) is 42.4 Å². The van der Waals surface area contributed by atoms with Gasteiger partial charge in [-0.25, -0.2) is 9.98 Å². The van der Waals surface area contributed by atoms with Crippen LogP contribution in [0.3, 0.4) is 0 Å². The molecule has 3 aliphatic heterocycles. The summed E-state index contributed by atoms with van der Waals surface area (Å²) < 4.78 is 0. The highest BCUT2D eigenvalue weighted by Gasteiger charge is 2.40. The molecule has 0 radical (unpaired) electrons. The number of thioether (sulfide) groups is 1. The molecule has 4 heterocycles. The molecule has 9 nitrogen and oxygen atoms in total. The number of anilines is 1. The van der Waals surface area contributed by atoms with Crippen LogP contribution in [0.2, 0.25) is 0 Å². The first-order valence-corrected chi connectivity index (χ1v) is 13.4. The molecule has 0 spiro atoms. The summed E-state index contributed by atoms with van der Waals surface area (Å²) >= 11 is 1.69. The predicted octanol–water partition coefficient (Wildman–Crippen LogP) is 2.34. The third kappa shape index (κ3) is 4.98. The first kappa shape index (κ1) is 24.7. The van der Waals surface area contributed by atoms with Crippen LogP contribution in [-0.4, -0.2) is 59.1 Å². The summed E-state index contributed by atoms with van der Waals surface area (Å²) in [5.41, 5.74) is 15.2. The summed E-state index contributed by atoms with van der Waals surface area (Å²) in [6.45, 7) is 4.46. The highest BCUT2D eigenvalue weighted by atomic mass is 32.2. The minimum atomic E-state index is -0.640. The Balaban J connectivity index is 1.20. The second kappa shape index (κ2) is 10.6. The van der Waals surface area contributed by atoms with Crippen molar-refractivity contribution in [2.75, 3.05) is 24.5 Å². The molecule has 1 fully saturated rings. The van der Waals surface area contributed by atoms with Crippen LogP contribution in [0.25, 0.3) is 0 Å². The third-order valence-corrected chi connectivity index (χ3v) is 8.45. The zero-order valence-corrected chi connectivity index (χ0v) is 21.2. The van der Waals surface area contributed by atoms with E-state index in [1.165, 1.54) is 11.1 Å². The molecule has 1 saturated heterocycles. The predicted molar refractivity (Wildman–Crippen MR) is 144 cm³/mol. The van der Waals surface area contributed by atoms with Crippen molar-refractivity contribution in [3.8, 4) is 0 Å². The lowest BCUT2D eigenvalue weighted by molar-refractivity contribution is 0.1000. The lowest BCUT2D eigenvalue weighted by Crippen LogP contribution is -2.44. The molecule has 190 valence electrons. The summed E-state index contributed by atoms with van der Waals surface area (Å²) in [5, 5.41) is 15.1. The summed E-state index contributed by atoms with van der Waals surface area (Å²) in [6, 6.07) is 9.39. The van der Waals surface area contributed by atoms with Crippen LogP contribution < -0.4 is 21.7 Å². The molecule has 0 saturated carbocycles. The number of fused-ring (bicyclic) bond motifs is 3. The minimum Gasteiger partial charge on any atom is -0.387 e. The van der Waals surface area contributed by atoms with Crippen molar-refractivity contribution in [1.29, 1.82) is 0 Å². The molecule has 36 heavy (non-hydrogen) atoms. The number of primary amides is 1. The molecule has 6 N–H and O–H groups in total.